The maximum atomic E-state index is 7.39. The van der Waals surface area contributed by atoms with Gasteiger partial charge in [0.2, 0.25) is 0 Å². The Labute approximate surface area is 329 Å². The van der Waals surface area contributed by atoms with Crippen LogP contribution in [0.2, 0.25) is 5.02 Å². The van der Waals surface area contributed by atoms with E-state index in [4.69, 9.17) is 26.6 Å². The zero-order chi connectivity index (χ0) is 37.3. The van der Waals surface area contributed by atoms with E-state index in [2.05, 4.69) is 165 Å². The molecule has 4 heteroatoms. The van der Waals surface area contributed by atoms with Crippen molar-refractivity contribution in [3.8, 4) is 45.3 Å². The Hall–Kier alpha value is -6.68. The smallest absolute Gasteiger partial charge is 0.164 e. The number of benzene rings is 9. The summed E-state index contributed by atoms with van der Waals surface area (Å²) in [5.74, 6) is 2.21. The minimum absolute atomic E-state index is 0.0683. The highest BCUT2D eigenvalue weighted by Gasteiger charge is 2.35. The number of hydrogen-bond acceptors (Lipinski definition) is 3. The Morgan fingerprint density at radius 1 is 0.393 bits per heavy atom. The molecule has 1 aromatic heterocycles. The fourth-order valence-corrected chi connectivity index (χ4v) is 9.52. The summed E-state index contributed by atoms with van der Waals surface area (Å²) in [5.41, 5.74) is 9.05. The summed E-state index contributed by atoms with van der Waals surface area (Å²) in [6, 6.07) is 62.4. The molecule has 0 radical (unpaired) electrons. The molecular formula is C52H34ClN3. The highest BCUT2D eigenvalue weighted by atomic mass is 35.5. The molecule has 1 aliphatic rings. The van der Waals surface area contributed by atoms with Gasteiger partial charge in [-0.1, -0.05) is 176 Å². The number of hydrogen-bond donors (Lipinski definition) is 0. The Morgan fingerprint density at radius 2 is 1.00 bits per heavy atom. The molecule has 0 saturated heterocycles. The van der Waals surface area contributed by atoms with Crippen molar-refractivity contribution in [3.63, 3.8) is 0 Å². The monoisotopic (exact) mass is 735 g/mol. The van der Waals surface area contributed by atoms with Crippen molar-refractivity contribution < 1.29 is 0 Å². The average molecular weight is 736 g/mol. The van der Waals surface area contributed by atoms with E-state index in [0.29, 0.717) is 17.5 Å². The fraction of sp³-hybridized carbons (Fsp3) is 0.0577. The van der Waals surface area contributed by atoms with Gasteiger partial charge in [0, 0.05) is 33.6 Å². The standard InChI is InChI=1S/C52H34ClN3/c1-31-37-19-9-12-24-42(37)48-46(29-35-17-6-8-21-39(35)49(48)53)47(31)43-25-13-18-32-26-27-36(30-44(32)43)51-54-50(33-14-3-2-4-15-33)55-52(56-51)45-28-34-16-5-7-20-38(34)40-22-10-11-23-41(40)45/h2-31,47H,1H3. The molecular weight excluding hydrogens is 702 g/mol. The molecule has 0 bridgehead atoms. The second kappa shape index (κ2) is 13.0. The molecule has 11 rings (SSSR count). The van der Waals surface area contributed by atoms with Crippen molar-refractivity contribution in [2.75, 3.05) is 0 Å². The SMILES string of the molecule is CC1c2ccccc2-c2c(cc3ccccc3c2Cl)C1c1cccc2ccc(-c3nc(-c4ccccc4)nc(-c4cc5ccccc5c5ccccc45)n3)cc12. The van der Waals surface area contributed by atoms with Crippen LogP contribution >= 0.6 is 11.6 Å². The van der Waals surface area contributed by atoms with Gasteiger partial charge in [-0.05, 0) is 84.1 Å². The number of halogens is 1. The minimum atomic E-state index is 0.0683. The van der Waals surface area contributed by atoms with Crippen molar-refractivity contribution >= 4 is 54.7 Å². The lowest BCUT2D eigenvalue weighted by Gasteiger charge is -2.35. The summed E-state index contributed by atoms with van der Waals surface area (Å²) in [6.45, 7) is 2.36. The van der Waals surface area contributed by atoms with Gasteiger partial charge in [-0.3, -0.25) is 0 Å². The van der Waals surface area contributed by atoms with E-state index in [0.717, 1.165) is 48.8 Å². The summed E-state index contributed by atoms with van der Waals surface area (Å²) in [4.78, 5) is 15.6. The Morgan fingerprint density at radius 3 is 1.82 bits per heavy atom. The van der Waals surface area contributed by atoms with Crippen LogP contribution < -0.4 is 0 Å². The molecule has 0 amide bonds. The van der Waals surface area contributed by atoms with E-state index in [-0.39, 0.29) is 11.8 Å². The zero-order valence-corrected chi connectivity index (χ0v) is 31.4. The molecule has 0 spiro atoms. The summed E-state index contributed by atoms with van der Waals surface area (Å²) >= 11 is 7.39. The second-order valence-corrected chi connectivity index (χ2v) is 15.3. The molecule has 2 unspecified atom stereocenters. The predicted molar refractivity (Wildman–Crippen MR) is 233 cm³/mol. The van der Waals surface area contributed by atoms with Crippen LogP contribution in [0, 0.1) is 0 Å². The maximum absolute atomic E-state index is 7.39. The van der Waals surface area contributed by atoms with Gasteiger partial charge in [0.25, 0.3) is 0 Å². The Bertz CT molecular complexity index is 3190. The first kappa shape index (κ1) is 32.7. The summed E-state index contributed by atoms with van der Waals surface area (Å²) in [5, 5.41) is 10.0. The molecule has 0 fully saturated rings. The van der Waals surface area contributed by atoms with Crippen LogP contribution in [0.5, 0.6) is 0 Å². The van der Waals surface area contributed by atoms with Gasteiger partial charge in [0.15, 0.2) is 17.5 Å². The lowest BCUT2D eigenvalue weighted by molar-refractivity contribution is 0.654. The molecule has 2 atom stereocenters. The number of nitrogens with zero attached hydrogens (tertiary/aromatic N) is 3. The van der Waals surface area contributed by atoms with Crippen LogP contribution in [-0.2, 0) is 0 Å². The van der Waals surface area contributed by atoms with Crippen molar-refractivity contribution in [2.24, 2.45) is 0 Å². The minimum Gasteiger partial charge on any atom is -0.208 e. The number of aromatic nitrogens is 3. The summed E-state index contributed by atoms with van der Waals surface area (Å²) < 4.78 is 0. The van der Waals surface area contributed by atoms with Crippen molar-refractivity contribution in [1.82, 2.24) is 15.0 Å². The van der Waals surface area contributed by atoms with Crippen LogP contribution in [0.1, 0.15) is 35.4 Å². The predicted octanol–water partition coefficient (Wildman–Crippen LogP) is 14.1. The molecule has 9 aromatic carbocycles. The topological polar surface area (TPSA) is 38.7 Å². The van der Waals surface area contributed by atoms with E-state index in [9.17, 15) is 0 Å². The third-order valence-electron chi connectivity index (χ3n) is 11.8. The van der Waals surface area contributed by atoms with E-state index in [1.807, 2.05) is 18.2 Å². The van der Waals surface area contributed by atoms with Gasteiger partial charge < -0.3 is 0 Å². The van der Waals surface area contributed by atoms with Gasteiger partial charge in [-0.15, -0.1) is 0 Å². The van der Waals surface area contributed by atoms with Crippen LogP contribution in [-0.4, -0.2) is 15.0 Å². The Kier molecular flexibility index (Phi) is 7.58. The summed E-state index contributed by atoms with van der Waals surface area (Å²) in [7, 11) is 0. The zero-order valence-electron chi connectivity index (χ0n) is 30.6. The highest BCUT2D eigenvalue weighted by Crippen LogP contribution is 2.54. The van der Waals surface area contributed by atoms with Crippen LogP contribution in [0.25, 0.3) is 88.4 Å². The second-order valence-electron chi connectivity index (χ2n) is 14.9. The van der Waals surface area contributed by atoms with E-state index >= 15 is 0 Å². The highest BCUT2D eigenvalue weighted by molar-refractivity contribution is 6.38. The summed E-state index contributed by atoms with van der Waals surface area (Å²) in [6.07, 6.45) is 0. The van der Waals surface area contributed by atoms with Crippen molar-refractivity contribution in [2.45, 2.75) is 18.8 Å². The molecule has 56 heavy (non-hydrogen) atoms. The molecule has 1 aliphatic carbocycles. The van der Waals surface area contributed by atoms with E-state index in [1.54, 1.807) is 0 Å². The third-order valence-corrected chi connectivity index (χ3v) is 12.2. The van der Waals surface area contributed by atoms with Gasteiger partial charge in [0.05, 0.1) is 5.02 Å². The van der Waals surface area contributed by atoms with Crippen molar-refractivity contribution in [3.05, 3.63) is 198 Å². The fourth-order valence-electron chi connectivity index (χ4n) is 9.14. The van der Waals surface area contributed by atoms with Crippen LogP contribution in [0.3, 0.4) is 0 Å². The van der Waals surface area contributed by atoms with Gasteiger partial charge in [-0.2, -0.15) is 0 Å². The van der Waals surface area contributed by atoms with E-state index < -0.39 is 0 Å². The van der Waals surface area contributed by atoms with Crippen LogP contribution in [0.4, 0.5) is 0 Å². The quantitative estimate of drug-likeness (QED) is 0.169. The molecule has 0 aliphatic heterocycles. The first-order valence-electron chi connectivity index (χ1n) is 19.2. The molecule has 10 aromatic rings. The first-order valence-corrected chi connectivity index (χ1v) is 19.5. The van der Waals surface area contributed by atoms with Gasteiger partial charge in [-0.25, -0.2) is 15.0 Å². The van der Waals surface area contributed by atoms with E-state index in [1.165, 1.54) is 43.8 Å². The lowest BCUT2D eigenvalue weighted by atomic mass is 9.68. The average Bonchev–Trinajstić information content (AvgIpc) is 3.26. The Balaban J connectivity index is 1.14. The normalized spacial score (nSPS) is 15.0. The lowest BCUT2D eigenvalue weighted by Crippen LogP contribution is -2.17. The third kappa shape index (κ3) is 5.16. The van der Waals surface area contributed by atoms with Gasteiger partial charge >= 0.3 is 0 Å². The molecule has 264 valence electrons. The molecule has 1 heterocycles. The molecule has 0 N–H and O–H groups in total. The molecule has 3 nitrogen and oxygen atoms in total. The number of rotatable bonds is 4. The maximum Gasteiger partial charge on any atom is 0.164 e. The number of fused-ring (bicyclic) bond motifs is 8. The van der Waals surface area contributed by atoms with Crippen molar-refractivity contribution in [1.29, 1.82) is 0 Å². The first-order chi connectivity index (χ1) is 27.6. The van der Waals surface area contributed by atoms with Crippen LogP contribution in [0.15, 0.2) is 176 Å². The van der Waals surface area contributed by atoms with Gasteiger partial charge in [0.1, 0.15) is 0 Å². The molecule has 0 saturated carbocycles. The largest absolute Gasteiger partial charge is 0.208 e.